The van der Waals surface area contributed by atoms with E-state index in [0.717, 1.165) is 11.3 Å². The van der Waals surface area contributed by atoms with Crippen LogP contribution in [0.3, 0.4) is 0 Å². The Bertz CT molecular complexity index is 1300. The highest BCUT2D eigenvalue weighted by Gasteiger charge is 2.42. The first-order valence-electron chi connectivity index (χ1n) is 11.2. The number of carbonyl (C=O) groups excluding carboxylic acids is 2. The number of carboxylic acids is 1. The van der Waals surface area contributed by atoms with Crippen molar-refractivity contribution >= 4 is 57.5 Å². The summed E-state index contributed by atoms with van der Waals surface area (Å²) in [6.45, 7) is 1.58. The van der Waals surface area contributed by atoms with Crippen LogP contribution >= 0.6 is 34.5 Å². The van der Waals surface area contributed by atoms with Crippen LogP contribution in [0.5, 0.6) is 5.75 Å². The van der Waals surface area contributed by atoms with Crippen molar-refractivity contribution in [1.29, 1.82) is 0 Å². The summed E-state index contributed by atoms with van der Waals surface area (Å²) in [5.41, 5.74) is 1.28. The van der Waals surface area contributed by atoms with E-state index in [1.54, 1.807) is 49.4 Å². The Morgan fingerprint density at radius 2 is 1.74 bits per heavy atom. The predicted octanol–water partition coefficient (Wildman–Crippen LogP) is 3.22. The monoisotopic (exact) mass is 580 g/mol. The number of ether oxygens (including phenoxy) is 3. The molecule has 1 aliphatic rings. The summed E-state index contributed by atoms with van der Waals surface area (Å²) in [7, 11) is 0. The van der Waals surface area contributed by atoms with Gasteiger partial charge in [-0.25, -0.2) is 4.79 Å². The summed E-state index contributed by atoms with van der Waals surface area (Å²) in [4.78, 5) is 37.3. The standard InChI is InChI=1S/C24H22Cl2N4O7S/c1-12-29-30-24(38-12)28-22(32)20-19(36-11-37-20)21(31)27-18(23(33)34)9-13-5-7-14(8-6-13)35-10-15-16(25)3-2-4-17(15)26/h2-8,18-20H,9-11H2,1H3,(H,27,31)(H,33,34)(H,28,30,32)/t18-,19+,20+/m0/s1. The van der Waals surface area contributed by atoms with Crippen molar-refractivity contribution in [3.8, 4) is 5.75 Å². The van der Waals surface area contributed by atoms with Gasteiger partial charge in [-0.3, -0.25) is 14.9 Å². The molecule has 0 unspecified atom stereocenters. The molecule has 0 radical (unpaired) electrons. The normalized spacial score (nSPS) is 17.6. The Morgan fingerprint density at radius 1 is 1.08 bits per heavy atom. The van der Waals surface area contributed by atoms with Gasteiger partial charge in [0, 0.05) is 22.0 Å². The molecule has 0 spiro atoms. The van der Waals surface area contributed by atoms with Crippen LogP contribution in [0.25, 0.3) is 0 Å². The van der Waals surface area contributed by atoms with Gasteiger partial charge in [0.25, 0.3) is 11.8 Å². The number of nitrogens with one attached hydrogen (secondary N) is 2. The van der Waals surface area contributed by atoms with Gasteiger partial charge in [-0.15, -0.1) is 10.2 Å². The second-order valence-corrected chi connectivity index (χ2v) is 10.1. The minimum atomic E-state index is -1.33. The zero-order chi connectivity index (χ0) is 27.2. The maximum absolute atomic E-state index is 12.8. The van der Waals surface area contributed by atoms with Gasteiger partial charge in [0.2, 0.25) is 5.13 Å². The SMILES string of the molecule is Cc1nnc(NC(=O)[C@@H]2OCO[C@H]2C(=O)N[C@@H](Cc2ccc(OCc3c(Cl)cccc3Cl)cc2)C(=O)O)s1. The zero-order valence-electron chi connectivity index (χ0n) is 19.9. The third-order valence-electron chi connectivity index (χ3n) is 5.47. The maximum Gasteiger partial charge on any atom is 0.326 e. The summed E-state index contributed by atoms with van der Waals surface area (Å²) in [6.07, 6.45) is -2.64. The highest BCUT2D eigenvalue weighted by molar-refractivity contribution is 7.15. The van der Waals surface area contributed by atoms with Crippen molar-refractivity contribution in [3.05, 3.63) is 68.6 Å². The molecule has 3 atom stereocenters. The lowest BCUT2D eigenvalue weighted by Gasteiger charge is -2.19. The van der Waals surface area contributed by atoms with E-state index in [9.17, 15) is 19.5 Å². The highest BCUT2D eigenvalue weighted by atomic mass is 35.5. The van der Waals surface area contributed by atoms with Crippen molar-refractivity contribution in [2.24, 2.45) is 0 Å². The van der Waals surface area contributed by atoms with E-state index in [0.29, 0.717) is 31.9 Å². The van der Waals surface area contributed by atoms with Crippen molar-refractivity contribution in [3.63, 3.8) is 0 Å². The average molecular weight is 581 g/mol. The Hall–Kier alpha value is -3.29. The first-order chi connectivity index (χ1) is 18.2. The highest BCUT2D eigenvalue weighted by Crippen LogP contribution is 2.26. The van der Waals surface area contributed by atoms with Gasteiger partial charge in [0.1, 0.15) is 30.2 Å². The van der Waals surface area contributed by atoms with Crippen LogP contribution in [0.4, 0.5) is 5.13 Å². The first-order valence-corrected chi connectivity index (χ1v) is 12.8. The molecule has 38 heavy (non-hydrogen) atoms. The first kappa shape index (κ1) is 27.7. The van der Waals surface area contributed by atoms with E-state index in [1.165, 1.54) is 0 Å². The largest absolute Gasteiger partial charge is 0.489 e. The van der Waals surface area contributed by atoms with Crippen molar-refractivity contribution in [1.82, 2.24) is 15.5 Å². The second kappa shape index (κ2) is 12.5. The summed E-state index contributed by atoms with van der Waals surface area (Å²) in [5.74, 6) is -2.17. The van der Waals surface area contributed by atoms with Crippen LogP contribution < -0.4 is 15.4 Å². The molecular formula is C24H22Cl2N4O7S. The molecular weight excluding hydrogens is 559 g/mol. The number of rotatable bonds is 10. The van der Waals surface area contributed by atoms with Crippen molar-refractivity contribution < 1.29 is 33.7 Å². The average Bonchev–Trinajstić information content (AvgIpc) is 3.53. The molecule has 3 N–H and O–H groups in total. The van der Waals surface area contributed by atoms with Gasteiger partial charge in [0.15, 0.2) is 12.2 Å². The van der Waals surface area contributed by atoms with Crippen molar-refractivity contribution in [2.75, 3.05) is 12.1 Å². The zero-order valence-corrected chi connectivity index (χ0v) is 22.2. The van der Waals surface area contributed by atoms with Crippen LogP contribution in [0, 0.1) is 6.92 Å². The summed E-state index contributed by atoms with van der Waals surface area (Å²) < 4.78 is 16.3. The van der Waals surface area contributed by atoms with Crippen LogP contribution in [0.2, 0.25) is 10.0 Å². The molecule has 1 fully saturated rings. The Kier molecular flexibility index (Phi) is 9.13. The number of benzene rings is 2. The van der Waals surface area contributed by atoms with Gasteiger partial charge in [0.05, 0.1) is 0 Å². The van der Waals surface area contributed by atoms with Gasteiger partial charge >= 0.3 is 5.97 Å². The molecule has 0 bridgehead atoms. The molecule has 200 valence electrons. The second-order valence-electron chi connectivity index (χ2n) is 8.14. The van der Waals surface area contributed by atoms with Crippen LogP contribution in [0.15, 0.2) is 42.5 Å². The van der Waals surface area contributed by atoms with Crippen LogP contribution in [-0.2, 0) is 36.9 Å². The predicted molar refractivity (Wildman–Crippen MR) is 138 cm³/mol. The number of nitrogens with zero attached hydrogens (tertiary/aromatic N) is 2. The topological polar surface area (TPSA) is 149 Å². The maximum atomic E-state index is 12.8. The summed E-state index contributed by atoms with van der Waals surface area (Å²) in [6, 6.07) is 10.6. The number of amides is 2. The number of aryl methyl sites for hydroxylation is 1. The summed E-state index contributed by atoms with van der Waals surface area (Å²) in [5, 5.41) is 24.1. The van der Waals surface area contributed by atoms with Gasteiger partial charge in [-0.05, 0) is 36.8 Å². The molecule has 2 amide bonds. The molecule has 0 aliphatic carbocycles. The number of anilines is 1. The molecule has 3 aromatic rings. The fourth-order valence-electron chi connectivity index (χ4n) is 3.55. The Balaban J connectivity index is 1.34. The minimum Gasteiger partial charge on any atom is -0.489 e. The number of halogens is 2. The number of hydrogen-bond acceptors (Lipinski definition) is 9. The van der Waals surface area contributed by atoms with E-state index >= 15 is 0 Å². The van der Waals surface area contributed by atoms with E-state index in [4.69, 9.17) is 37.4 Å². The number of aliphatic carboxylic acids is 1. The van der Waals surface area contributed by atoms with Crippen molar-refractivity contribution in [2.45, 2.75) is 38.2 Å². The fraction of sp³-hybridized carbons (Fsp3) is 0.292. The summed E-state index contributed by atoms with van der Waals surface area (Å²) >= 11 is 13.5. The Labute approximate surface area is 231 Å². The minimum absolute atomic E-state index is 0.0216. The lowest BCUT2D eigenvalue weighted by atomic mass is 10.0. The van der Waals surface area contributed by atoms with Gasteiger partial charge < -0.3 is 24.6 Å². The van der Waals surface area contributed by atoms with Gasteiger partial charge in [-0.2, -0.15) is 0 Å². The van der Waals surface area contributed by atoms with E-state index in [-0.39, 0.29) is 25.0 Å². The van der Waals surface area contributed by atoms with Crippen LogP contribution in [0.1, 0.15) is 16.1 Å². The van der Waals surface area contributed by atoms with E-state index in [1.807, 2.05) is 0 Å². The number of hydrogen-bond donors (Lipinski definition) is 3. The molecule has 1 aliphatic heterocycles. The molecule has 11 nitrogen and oxygen atoms in total. The molecule has 1 aromatic heterocycles. The number of aromatic nitrogens is 2. The van der Waals surface area contributed by atoms with Crippen LogP contribution in [-0.4, -0.2) is 58.1 Å². The molecule has 0 saturated carbocycles. The molecule has 2 aromatic carbocycles. The third-order valence-corrected chi connectivity index (χ3v) is 6.93. The lowest BCUT2D eigenvalue weighted by Crippen LogP contribution is -2.51. The lowest BCUT2D eigenvalue weighted by molar-refractivity contribution is -0.144. The third kappa shape index (κ3) is 6.97. The van der Waals surface area contributed by atoms with E-state index in [2.05, 4.69) is 20.8 Å². The number of carbonyl (C=O) groups is 3. The Morgan fingerprint density at radius 3 is 2.34 bits per heavy atom. The molecule has 4 rings (SSSR count). The molecule has 14 heteroatoms. The number of carboxylic acid groups (broad SMARTS) is 1. The van der Waals surface area contributed by atoms with E-state index < -0.39 is 36.0 Å². The van der Waals surface area contributed by atoms with Gasteiger partial charge in [-0.1, -0.05) is 52.7 Å². The molecule has 2 heterocycles. The molecule has 1 saturated heterocycles. The quantitative estimate of drug-likeness (QED) is 0.328. The smallest absolute Gasteiger partial charge is 0.326 e. The fourth-order valence-corrected chi connectivity index (χ4v) is 4.65.